The van der Waals surface area contributed by atoms with Crippen molar-refractivity contribution in [3.05, 3.63) is 33.8 Å². The van der Waals surface area contributed by atoms with Gasteiger partial charge in [-0.3, -0.25) is 4.79 Å². The number of aryl methyl sites for hydroxylation is 1. The molecule has 2 rings (SSSR count). The summed E-state index contributed by atoms with van der Waals surface area (Å²) in [7, 11) is 0. The maximum absolute atomic E-state index is 10.6. The molecule has 0 aromatic heterocycles. The highest BCUT2D eigenvalue weighted by atomic mass is 35.5. The molecule has 0 N–H and O–H groups in total. The summed E-state index contributed by atoms with van der Waals surface area (Å²) in [5.41, 5.74) is 3.12. The van der Waals surface area contributed by atoms with Gasteiger partial charge < -0.3 is 0 Å². The van der Waals surface area contributed by atoms with Crippen LogP contribution in [0.5, 0.6) is 0 Å². The summed E-state index contributed by atoms with van der Waals surface area (Å²) in [4.78, 5) is 10.6. The van der Waals surface area contributed by atoms with E-state index in [1.165, 1.54) is 24.0 Å². The smallest absolute Gasteiger partial charge is 0.151 e. The molecule has 0 saturated heterocycles. The highest BCUT2D eigenvalue weighted by Gasteiger charge is 2.25. The molecule has 0 amide bonds. The zero-order valence-corrected chi connectivity index (χ0v) is 8.27. The first-order valence-corrected chi connectivity index (χ1v) is 4.85. The third-order valence-electron chi connectivity index (χ3n) is 2.53. The van der Waals surface area contributed by atoms with Crippen molar-refractivity contribution in [1.82, 2.24) is 0 Å². The van der Waals surface area contributed by atoms with Gasteiger partial charge in [-0.15, -0.1) is 0 Å². The Kier molecular flexibility index (Phi) is 2.12. The molecule has 1 fully saturated rings. The molecule has 1 aromatic rings. The molecule has 2 heteroatoms. The second-order valence-electron chi connectivity index (χ2n) is 3.62. The number of aldehydes is 1. The largest absolute Gasteiger partial charge is 0.298 e. The van der Waals surface area contributed by atoms with Crippen molar-refractivity contribution >= 4 is 17.9 Å². The van der Waals surface area contributed by atoms with Gasteiger partial charge in [0.1, 0.15) is 0 Å². The van der Waals surface area contributed by atoms with Gasteiger partial charge >= 0.3 is 0 Å². The van der Waals surface area contributed by atoms with Gasteiger partial charge in [0, 0.05) is 5.56 Å². The first kappa shape index (κ1) is 8.76. The Morgan fingerprint density at radius 1 is 1.46 bits per heavy atom. The van der Waals surface area contributed by atoms with Crippen LogP contribution in [0.4, 0.5) is 0 Å². The van der Waals surface area contributed by atoms with E-state index in [2.05, 4.69) is 0 Å². The minimum absolute atomic E-state index is 0.567. The normalized spacial score (nSPS) is 15.8. The lowest BCUT2D eigenvalue weighted by Gasteiger charge is -2.06. The third-order valence-corrected chi connectivity index (χ3v) is 2.86. The van der Waals surface area contributed by atoms with E-state index in [0.29, 0.717) is 16.5 Å². The molecule has 0 unspecified atom stereocenters. The molecule has 1 aromatic carbocycles. The molecule has 1 aliphatic rings. The monoisotopic (exact) mass is 194 g/mol. The Morgan fingerprint density at radius 2 is 2.15 bits per heavy atom. The van der Waals surface area contributed by atoms with E-state index in [1.807, 2.05) is 19.1 Å². The van der Waals surface area contributed by atoms with Crippen LogP contribution in [0.15, 0.2) is 12.1 Å². The van der Waals surface area contributed by atoms with E-state index in [1.54, 1.807) is 0 Å². The van der Waals surface area contributed by atoms with Crippen LogP contribution < -0.4 is 0 Å². The summed E-state index contributed by atoms with van der Waals surface area (Å²) in [5.74, 6) is 0.677. The summed E-state index contributed by atoms with van der Waals surface area (Å²) in [5, 5.41) is 0.567. The van der Waals surface area contributed by atoms with Gasteiger partial charge in [-0.2, -0.15) is 0 Å². The fourth-order valence-electron chi connectivity index (χ4n) is 1.63. The van der Waals surface area contributed by atoms with Gasteiger partial charge in [0.15, 0.2) is 6.29 Å². The Labute approximate surface area is 82.7 Å². The summed E-state index contributed by atoms with van der Waals surface area (Å²) in [6.07, 6.45) is 3.33. The van der Waals surface area contributed by atoms with Gasteiger partial charge in [0.2, 0.25) is 0 Å². The van der Waals surface area contributed by atoms with E-state index in [4.69, 9.17) is 11.6 Å². The number of carbonyl (C=O) groups is 1. The molecule has 1 aliphatic carbocycles. The van der Waals surface area contributed by atoms with Crippen molar-refractivity contribution in [2.24, 2.45) is 0 Å². The van der Waals surface area contributed by atoms with Crippen molar-refractivity contribution < 1.29 is 4.79 Å². The molecular weight excluding hydrogens is 184 g/mol. The lowest BCUT2D eigenvalue weighted by atomic mass is 10.0. The van der Waals surface area contributed by atoms with E-state index in [-0.39, 0.29) is 0 Å². The Hall–Kier alpha value is -0.820. The highest BCUT2D eigenvalue weighted by Crippen LogP contribution is 2.42. The summed E-state index contributed by atoms with van der Waals surface area (Å²) < 4.78 is 0. The number of carbonyl (C=O) groups excluding carboxylic acids is 1. The van der Waals surface area contributed by atoms with E-state index in [9.17, 15) is 4.79 Å². The van der Waals surface area contributed by atoms with Gasteiger partial charge in [-0.1, -0.05) is 11.6 Å². The predicted molar refractivity (Wildman–Crippen MR) is 53.6 cm³/mol. The zero-order chi connectivity index (χ0) is 9.42. The van der Waals surface area contributed by atoms with Crippen molar-refractivity contribution in [3.63, 3.8) is 0 Å². The first-order chi connectivity index (χ1) is 6.22. The molecule has 1 saturated carbocycles. The van der Waals surface area contributed by atoms with Crippen molar-refractivity contribution in [1.29, 1.82) is 0 Å². The lowest BCUT2D eigenvalue weighted by molar-refractivity contribution is 0.112. The SMILES string of the molecule is Cc1cc(Cl)c(C=O)cc1C1CC1. The second-order valence-corrected chi connectivity index (χ2v) is 4.03. The van der Waals surface area contributed by atoms with Crippen LogP contribution in [-0.4, -0.2) is 6.29 Å². The van der Waals surface area contributed by atoms with Crippen LogP contribution >= 0.6 is 11.6 Å². The predicted octanol–water partition coefficient (Wildman–Crippen LogP) is 3.34. The van der Waals surface area contributed by atoms with Gasteiger partial charge in [0.25, 0.3) is 0 Å². The molecule has 0 aliphatic heterocycles. The summed E-state index contributed by atoms with van der Waals surface area (Å²) in [6.45, 7) is 2.05. The molecule has 1 nitrogen and oxygen atoms in total. The van der Waals surface area contributed by atoms with E-state index >= 15 is 0 Å². The van der Waals surface area contributed by atoms with Gasteiger partial charge in [-0.25, -0.2) is 0 Å². The Bertz CT molecular complexity index is 353. The average Bonchev–Trinajstić information content (AvgIpc) is 2.88. The van der Waals surface area contributed by atoms with Crippen LogP contribution in [0.2, 0.25) is 5.02 Å². The molecule has 13 heavy (non-hydrogen) atoms. The van der Waals surface area contributed by atoms with Crippen LogP contribution in [0.3, 0.4) is 0 Å². The number of hydrogen-bond acceptors (Lipinski definition) is 1. The van der Waals surface area contributed by atoms with Crippen molar-refractivity contribution in [3.8, 4) is 0 Å². The fraction of sp³-hybridized carbons (Fsp3) is 0.364. The topological polar surface area (TPSA) is 17.1 Å². The first-order valence-electron chi connectivity index (χ1n) is 4.47. The summed E-state index contributed by atoms with van der Waals surface area (Å²) >= 11 is 5.90. The lowest BCUT2D eigenvalue weighted by Crippen LogP contribution is -1.91. The molecule has 0 atom stereocenters. The molecule has 68 valence electrons. The highest BCUT2D eigenvalue weighted by molar-refractivity contribution is 6.33. The third kappa shape index (κ3) is 1.61. The maximum atomic E-state index is 10.6. The fourth-order valence-corrected chi connectivity index (χ4v) is 1.89. The summed E-state index contributed by atoms with van der Waals surface area (Å²) in [6, 6.07) is 3.82. The molecular formula is C11H11ClO. The standard InChI is InChI=1S/C11H11ClO/c1-7-4-11(12)9(6-13)5-10(7)8-2-3-8/h4-6,8H,2-3H2,1H3. The van der Waals surface area contributed by atoms with Crippen LogP contribution in [0.1, 0.15) is 40.2 Å². The maximum Gasteiger partial charge on any atom is 0.151 e. The Morgan fingerprint density at radius 3 is 2.69 bits per heavy atom. The van der Waals surface area contributed by atoms with Crippen LogP contribution in [0, 0.1) is 6.92 Å². The van der Waals surface area contributed by atoms with Gasteiger partial charge in [0.05, 0.1) is 5.02 Å². The quantitative estimate of drug-likeness (QED) is 0.660. The van der Waals surface area contributed by atoms with E-state index < -0.39 is 0 Å². The van der Waals surface area contributed by atoms with Crippen molar-refractivity contribution in [2.45, 2.75) is 25.7 Å². The van der Waals surface area contributed by atoms with Gasteiger partial charge in [-0.05, 0) is 48.9 Å². The average molecular weight is 195 g/mol. The number of rotatable bonds is 2. The minimum atomic E-state index is 0.567. The van der Waals surface area contributed by atoms with E-state index in [0.717, 1.165) is 6.29 Å². The number of hydrogen-bond donors (Lipinski definition) is 0. The molecule has 0 radical (unpaired) electrons. The molecule has 0 bridgehead atoms. The minimum Gasteiger partial charge on any atom is -0.298 e. The molecule has 0 heterocycles. The Balaban J connectivity index is 2.50. The van der Waals surface area contributed by atoms with Crippen LogP contribution in [0.25, 0.3) is 0 Å². The zero-order valence-electron chi connectivity index (χ0n) is 7.51. The molecule has 0 spiro atoms. The second kappa shape index (κ2) is 3.15. The van der Waals surface area contributed by atoms with Crippen molar-refractivity contribution in [2.75, 3.05) is 0 Å². The number of halogens is 1. The number of benzene rings is 1. The van der Waals surface area contributed by atoms with Crippen LogP contribution in [-0.2, 0) is 0 Å².